The number of amides is 2. The molecule has 1 saturated heterocycles. The Morgan fingerprint density at radius 2 is 2.06 bits per heavy atom. The average molecular weight is 514 g/mol. The second-order valence-corrected chi connectivity index (χ2v) is 10.3. The van der Waals surface area contributed by atoms with Gasteiger partial charge in [0, 0.05) is 56.5 Å². The number of ether oxygens (including phenoxy) is 1. The van der Waals surface area contributed by atoms with Gasteiger partial charge in [0.2, 0.25) is 0 Å². The lowest BCUT2D eigenvalue weighted by molar-refractivity contribution is 0.0557. The van der Waals surface area contributed by atoms with Crippen LogP contribution in [0.4, 0.5) is 10.6 Å². The maximum atomic E-state index is 13.5. The fraction of sp³-hybridized carbons (Fsp3) is 0.542. The summed E-state index contributed by atoms with van der Waals surface area (Å²) in [6, 6.07) is 1.85. The lowest BCUT2D eigenvalue weighted by Gasteiger charge is -2.37. The number of likely N-dealkylation sites (tertiary alicyclic amines) is 1. The molecule has 0 radical (unpaired) electrons. The summed E-state index contributed by atoms with van der Waals surface area (Å²) in [5.41, 5.74) is 1.12. The highest BCUT2D eigenvalue weighted by atomic mass is 32.1. The highest BCUT2D eigenvalue weighted by Crippen LogP contribution is 2.34. The number of thiazole rings is 1. The molecule has 0 aromatic carbocycles. The van der Waals surface area contributed by atoms with Crippen molar-refractivity contribution in [2.75, 3.05) is 38.7 Å². The minimum absolute atomic E-state index is 0.140. The Morgan fingerprint density at radius 3 is 2.75 bits per heavy atom. The number of hydrogen-bond acceptors (Lipinski definition) is 8. The van der Waals surface area contributed by atoms with Crippen molar-refractivity contribution >= 4 is 34.0 Å². The van der Waals surface area contributed by atoms with Gasteiger partial charge in [-0.25, -0.2) is 19.3 Å². The molecule has 2 N–H and O–H groups in total. The molecule has 3 aromatic rings. The van der Waals surface area contributed by atoms with Crippen LogP contribution in [-0.2, 0) is 4.74 Å². The number of hydrogen-bond donors (Lipinski definition) is 2. The van der Waals surface area contributed by atoms with Crippen LogP contribution in [0, 0.1) is 5.92 Å². The second kappa shape index (κ2) is 10.4. The Labute approximate surface area is 213 Å². The molecule has 3 aromatic heterocycles. The smallest absolute Gasteiger partial charge is 0.407 e. The van der Waals surface area contributed by atoms with Crippen LogP contribution in [0.5, 0.6) is 0 Å². The monoisotopic (exact) mass is 513 g/mol. The molecule has 2 amide bonds. The van der Waals surface area contributed by atoms with Crippen molar-refractivity contribution in [2.24, 2.45) is 5.92 Å². The summed E-state index contributed by atoms with van der Waals surface area (Å²) in [5.74, 6) is 1.55. The van der Waals surface area contributed by atoms with Gasteiger partial charge in [0.15, 0.2) is 5.82 Å². The Kier molecular flexibility index (Phi) is 7.06. The first-order chi connectivity index (χ1) is 17.4. The number of methoxy groups -OCH3 is 1. The fourth-order valence-electron chi connectivity index (χ4n) is 4.75. The Balaban J connectivity index is 1.36. The molecule has 5 rings (SSSR count). The number of anilines is 1. The molecule has 1 aliphatic heterocycles. The predicted octanol–water partition coefficient (Wildman–Crippen LogP) is 3.29. The van der Waals surface area contributed by atoms with E-state index in [9.17, 15) is 14.7 Å². The van der Waals surface area contributed by atoms with Crippen LogP contribution < -0.4 is 5.32 Å². The van der Waals surface area contributed by atoms with Gasteiger partial charge in [-0.3, -0.25) is 4.79 Å². The highest BCUT2D eigenvalue weighted by molar-refractivity contribution is 7.16. The van der Waals surface area contributed by atoms with Crippen molar-refractivity contribution in [3.05, 3.63) is 29.5 Å². The minimum atomic E-state index is -0.959. The van der Waals surface area contributed by atoms with Crippen molar-refractivity contribution in [3.8, 4) is 11.4 Å². The normalized spacial score (nSPS) is 17.3. The molecular weight excluding hydrogens is 482 g/mol. The Hall–Kier alpha value is -3.25. The third kappa shape index (κ3) is 5.14. The first-order valence-electron chi connectivity index (χ1n) is 12.3. The van der Waals surface area contributed by atoms with Crippen LogP contribution in [0.25, 0.3) is 16.2 Å². The van der Waals surface area contributed by atoms with Gasteiger partial charge < -0.3 is 25.0 Å². The molecule has 4 heterocycles. The number of carbonyl (C=O) groups is 2. The molecule has 12 heteroatoms. The quantitative estimate of drug-likeness (QED) is 0.447. The van der Waals surface area contributed by atoms with E-state index in [0.29, 0.717) is 62.3 Å². The van der Waals surface area contributed by atoms with Gasteiger partial charge in [0.25, 0.3) is 5.91 Å². The summed E-state index contributed by atoms with van der Waals surface area (Å²) in [6.45, 7) is 3.72. The van der Waals surface area contributed by atoms with Gasteiger partial charge in [-0.1, -0.05) is 0 Å². The molecule has 36 heavy (non-hydrogen) atoms. The number of carbonyl (C=O) groups excluding carboxylic acids is 1. The zero-order valence-electron chi connectivity index (χ0n) is 20.5. The summed E-state index contributed by atoms with van der Waals surface area (Å²) < 4.78 is 6.83. The van der Waals surface area contributed by atoms with Crippen LogP contribution in [-0.4, -0.2) is 91.9 Å². The van der Waals surface area contributed by atoms with E-state index in [1.807, 2.05) is 11.6 Å². The van der Waals surface area contributed by atoms with Gasteiger partial charge in [-0.2, -0.15) is 5.10 Å². The summed E-state index contributed by atoms with van der Waals surface area (Å²) in [7, 11) is 1.56. The van der Waals surface area contributed by atoms with Crippen LogP contribution >= 0.6 is 11.3 Å². The SMILES string of the molecule is COCCN(C(=O)O)C1CCN(C(=O)c2cc(N[C@H](C)C3CC3)nc(-c3cnn4ccsc34)n2)CC1. The van der Waals surface area contributed by atoms with E-state index in [0.717, 1.165) is 10.4 Å². The molecule has 0 spiro atoms. The number of piperidine rings is 1. The minimum Gasteiger partial charge on any atom is -0.465 e. The molecule has 2 aliphatic rings. The van der Waals surface area contributed by atoms with E-state index in [-0.39, 0.29) is 18.0 Å². The molecule has 1 saturated carbocycles. The van der Waals surface area contributed by atoms with Gasteiger partial charge >= 0.3 is 6.09 Å². The van der Waals surface area contributed by atoms with Crippen LogP contribution in [0.2, 0.25) is 0 Å². The number of aromatic nitrogens is 4. The van der Waals surface area contributed by atoms with Crippen LogP contribution in [0.3, 0.4) is 0 Å². The van der Waals surface area contributed by atoms with Crippen molar-refractivity contribution in [2.45, 2.75) is 44.7 Å². The average Bonchev–Trinajstić information content (AvgIpc) is 3.50. The summed E-state index contributed by atoms with van der Waals surface area (Å²) >= 11 is 1.55. The Bertz CT molecular complexity index is 1230. The number of nitrogens with one attached hydrogen (secondary N) is 1. The van der Waals surface area contributed by atoms with Crippen molar-refractivity contribution in [3.63, 3.8) is 0 Å². The summed E-state index contributed by atoms with van der Waals surface area (Å²) in [5, 5.41) is 19.4. The molecule has 192 valence electrons. The highest BCUT2D eigenvalue weighted by Gasteiger charge is 2.32. The number of carboxylic acid groups (broad SMARTS) is 1. The van der Waals surface area contributed by atoms with E-state index in [4.69, 9.17) is 9.72 Å². The lowest BCUT2D eigenvalue weighted by atomic mass is 10.0. The van der Waals surface area contributed by atoms with Gasteiger partial charge in [-0.05, 0) is 38.5 Å². The van der Waals surface area contributed by atoms with Gasteiger partial charge in [0.1, 0.15) is 16.3 Å². The van der Waals surface area contributed by atoms with Crippen LogP contribution in [0.15, 0.2) is 23.8 Å². The standard InChI is InChI=1S/C24H31N7O4S/c1-15(16-3-4-16)26-20-13-19(27-21(28-20)18-14-25-31-10-12-36-23(18)31)22(32)29-7-5-17(6-8-29)30(24(33)34)9-11-35-2/h10,12-17H,3-9,11H2,1-2H3,(H,33,34)(H,26,27,28)/t15-/m1/s1. The van der Waals surface area contributed by atoms with Gasteiger partial charge in [0.05, 0.1) is 18.4 Å². The van der Waals surface area contributed by atoms with Crippen molar-refractivity contribution < 1.29 is 19.4 Å². The molecule has 1 aliphatic carbocycles. The molecule has 0 bridgehead atoms. The molecule has 2 fully saturated rings. The number of nitrogens with zero attached hydrogens (tertiary/aromatic N) is 6. The van der Waals surface area contributed by atoms with Crippen molar-refractivity contribution in [1.29, 1.82) is 0 Å². The first-order valence-corrected chi connectivity index (χ1v) is 13.2. The lowest BCUT2D eigenvalue weighted by Crippen LogP contribution is -2.49. The van der Waals surface area contributed by atoms with Gasteiger partial charge in [-0.15, -0.1) is 11.3 Å². The van der Waals surface area contributed by atoms with Crippen molar-refractivity contribution in [1.82, 2.24) is 29.4 Å². The zero-order chi connectivity index (χ0) is 25.2. The van der Waals surface area contributed by atoms with E-state index < -0.39 is 6.09 Å². The topological polar surface area (TPSA) is 125 Å². The first kappa shape index (κ1) is 24.4. The van der Waals surface area contributed by atoms with E-state index >= 15 is 0 Å². The molecular formula is C24H31N7O4S. The van der Waals surface area contributed by atoms with E-state index in [1.54, 1.807) is 40.1 Å². The number of rotatable bonds is 9. The largest absolute Gasteiger partial charge is 0.465 e. The molecule has 1 atom stereocenters. The third-order valence-electron chi connectivity index (χ3n) is 7.00. The molecule has 0 unspecified atom stereocenters. The second-order valence-electron chi connectivity index (χ2n) is 9.44. The number of fused-ring (bicyclic) bond motifs is 1. The van der Waals surface area contributed by atoms with E-state index in [2.05, 4.69) is 22.3 Å². The van der Waals surface area contributed by atoms with Crippen LogP contribution in [0.1, 0.15) is 43.1 Å². The zero-order valence-corrected chi connectivity index (χ0v) is 21.3. The summed E-state index contributed by atoms with van der Waals surface area (Å²) in [4.78, 5) is 38.7. The third-order valence-corrected chi connectivity index (χ3v) is 7.88. The summed E-state index contributed by atoms with van der Waals surface area (Å²) in [6.07, 6.45) is 6.19. The fourth-order valence-corrected chi connectivity index (χ4v) is 5.54. The molecule has 11 nitrogen and oxygen atoms in total. The predicted molar refractivity (Wildman–Crippen MR) is 135 cm³/mol. The van der Waals surface area contributed by atoms with E-state index in [1.165, 1.54) is 17.7 Å². The Morgan fingerprint density at radius 1 is 1.28 bits per heavy atom. The maximum absolute atomic E-state index is 13.5. The maximum Gasteiger partial charge on any atom is 0.407 e.